The van der Waals surface area contributed by atoms with E-state index < -0.39 is 8.60 Å². The topological polar surface area (TPSA) is 99.7 Å². The second-order valence-electron chi connectivity index (χ2n) is 0.224. The highest BCUT2D eigenvalue weighted by atomic mass is 31.2. The highest BCUT2D eigenvalue weighted by Gasteiger charge is 3.00. The van der Waals surface area contributed by atoms with Crippen molar-refractivity contribution in [1.82, 2.24) is 6.15 Å². The van der Waals surface area contributed by atoms with Crippen molar-refractivity contribution in [3.8, 4) is 0 Å². The molecule has 0 aliphatic rings. The van der Waals surface area contributed by atoms with E-state index in [9.17, 15) is 0 Å². The summed E-state index contributed by atoms with van der Waals surface area (Å²) in [5, 5.41) is 0. The summed E-state index contributed by atoms with van der Waals surface area (Å²) in [6.45, 7) is 0. The predicted octanol–water partition coefficient (Wildman–Crippen LogP) is -3.19. The molecule has 5 heteroatoms. The second-order valence-corrected chi connectivity index (χ2v) is 0.671. The molecule has 4 nitrogen and oxygen atoms in total. The van der Waals surface area contributed by atoms with Crippen LogP contribution in [-0.4, -0.2) is 0 Å². The quantitative estimate of drug-likeness (QED) is 0.295. The third-order valence-electron chi connectivity index (χ3n) is 0. The smallest absolute Gasteiger partial charge is 0.854 e. The van der Waals surface area contributed by atoms with Crippen LogP contribution in [0.4, 0.5) is 0 Å². The maximum atomic E-state index is 8.48. The SMILES string of the molecule is [N+3].[O-]P([O-])[O-]. The van der Waals surface area contributed by atoms with Crippen LogP contribution < -0.4 is 20.8 Å². The molecule has 0 aromatic carbocycles. The minimum atomic E-state index is -3.37. The average Bonchev–Trinajstić information content (AvgIpc) is 0.811. The zero-order valence-corrected chi connectivity index (χ0v) is 3.01. The predicted molar refractivity (Wildman–Crippen MR) is 9.05 cm³/mol. The Hall–Kier alpha value is 0.0200. The molecule has 0 fully saturated rings. The van der Waals surface area contributed by atoms with Crippen molar-refractivity contribution in [1.29, 1.82) is 0 Å². The first kappa shape index (κ1) is 8.89. The Kier molecular flexibility index (Phi) is 7.15. The molecule has 2 radical (unpaired) electrons. The van der Waals surface area contributed by atoms with Gasteiger partial charge in [-0.05, 0) is 0 Å². The summed E-state index contributed by atoms with van der Waals surface area (Å²) in [4.78, 5) is 25.4. The number of hydrogen-bond acceptors (Lipinski definition) is 3. The molecular formula is NO3P. The molecule has 0 spiro atoms. The van der Waals surface area contributed by atoms with Gasteiger partial charge < -0.3 is 23.3 Å². The minimum absolute atomic E-state index is 0. The summed E-state index contributed by atoms with van der Waals surface area (Å²) in [5.74, 6) is 0. The van der Waals surface area contributed by atoms with Crippen LogP contribution in [-0.2, 0) is 0 Å². The summed E-state index contributed by atoms with van der Waals surface area (Å²) in [5.41, 5.74) is 0. The number of nitrogens with zero attached hydrogens (tertiary/aromatic N) is 1. The van der Waals surface area contributed by atoms with Crippen LogP contribution in [0.1, 0.15) is 0 Å². The van der Waals surface area contributed by atoms with Crippen molar-refractivity contribution in [2.45, 2.75) is 0 Å². The van der Waals surface area contributed by atoms with E-state index in [4.69, 9.17) is 14.7 Å². The highest BCUT2D eigenvalue weighted by molar-refractivity contribution is 7.33. The van der Waals surface area contributed by atoms with Crippen molar-refractivity contribution in [2.75, 3.05) is 0 Å². The van der Waals surface area contributed by atoms with Crippen molar-refractivity contribution in [2.24, 2.45) is 0 Å². The first-order valence-electron chi connectivity index (χ1n) is 0.548. The van der Waals surface area contributed by atoms with Gasteiger partial charge in [-0.15, -0.1) is 0 Å². The van der Waals surface area contributed by atoms with Crippen LogP contribution in [0.25, 0.3) is 0 Å². The van der Waals surface area contributed by atoms with E-state index in [-0.39, 0.29) is 6.15 Å². The van der Waals surface area contributed by atoms with Crippen LogP contribution in [0.5, 0.6) is 0 Å². The van der Waals surface area contributed by atoms with E-state index in [1.165, 1.54) is 0 Å². The lowest BCUT2D eigenvalue weighted by Crippen LogP contribution is -2.18. The molecule has 0 saturated carbocycles. The number of rotatable bonds is 0. The molecule has 5 heavy (non-hydrogen) atoms. The van der Waals surface area contributed by atoms with Crippen LogP contribution >= 0.6 is 8.60 Å². The third kappa shape index (κ3) is 41000. The summed E-state index contributed by atoms with van der Waals surface area (Å²) in [6, 6.07) is 0. The zero-order chi connectivity index (χ0) is 3.58. The Bertz CT molecular complexity index is 11.6. The van der Waals surface area contributed by atoms with Crippen LogP contribution in [0.15, 0.2) is 0 Å². The van der Waals surface area contributed by atoms with Crippen molar-refractivity contribution >= 4 is 8.60 Å². The molecule has 0 atom stereocenters. The number of hydrogen-bond donors (Lipinski definition) is 0. The Labute approximate surface area is 30.7 Å². The lowest BCUT2D eigenvalue weighted by Gasteiger charge is -2.39. The summed E-state index contributed by atoms with van der Waals surface area (Å²) < 4.78 is 0. The lowest BCUT2D eigenvalue weighted by molar-refractivity contribution is -0.407. The Morgan fingerprint density at radius 3 is 1.00 bits per heavy atom. The fourth-order valence-corrected chi connectivity index (χ4v) is 0. The van der Waals surface area contributed by atoms with Crippen LogP contribution in [0.3, 0.4) is 0 Å². The minimum Gasteiger partial charge on any atom is -0.854 e. The average molecular weight is 93.0 g/mol. The summed E-state index contributed by atoms with van der Waals surface area (Å²) >= 11 is 0. The molecule has 0 bridgehead atoms. The largest absolute Gasteiger partial charge is 3.00 e. The zero-order valence-electron chi connectivity index (χ0n) is 2.12. The summed E-state index contributed by atoms with van der Waals surface area (Å²) in [7, 11) is -3.37. The second kappa shape index (κ2) is 4.02. The fourth-order valence-electron chi connectivity index (χ4n) is 0. The maximum absolute atomic E-state index is 8.48. The molecule has 0 aromatic heterocycles. The van der Waals surface area contributed by atoms with E-state index in [0.717, 1.165) is 0 Å². The first-order valence-corrected chi connectivity index (χ1v) is 1.64. The fraction of sp³-hybridized carbons (Fsp3) is 0. The van der Waals surface area contributed by atoms with Gasteiger partial charge in [-0.1, -0.05) is 0 Å². The monoisotopic (exact) mass is 93.0 g/mol. The van der Waals surface area contributed by atoms with E-state index >= 15 is 0 Å². The summed E-state index contributed by atoms with van der Waals surface area (Å²) in [6.07, 6.45) is 0. The molecule has 28 valence electrons. The van der Waals surface area contributed by atoms with Crippen LogP contribution in [0, 0.1) is 0 Å². The lowest BCUT2D eigenvalue weighted by atomic mass is 14.0. The Morgan fingerprint density at radius 1 is 1.00 bits per heavy atom. The van der Waals surface area contributed by atoms with E-state index in [1.54, 1.807) is 0 Å². The van der Waals surface area contributed by atoms with Gasteiger partial charge in [0.05, 0.1) is 0 Å². The van der Waals surface area contributed by atoms with Crippen LogP contribution in [0.2, 0.25) is 0 Å². The Morgan fingerprint density at radius 2 is 1.00 bits per heavy atom. The molecule has 0 N–H and O–H groups in total. The van der Waals surface area contributed by atoms with Gasteiger partial charge in [-0.3, -0.25) is 0 Å². The van der Waals surface area contributed by atoms with Gasteiger partial charge in [0.1, 0.15) is 0 Å². The third-order valence-corrected chi connectivity index (χ3v) is 0. The molecule has 0 amide bonds. The Balaban J connectivity index is 0. The molecule has 0 aliphatic carbocycles. The molecule has 0 rings (SSSR count). The van der Waals surface area contributed by atoms with E-state index in [0.29, 0.717) is 0 Å². The molecule has 0 heterocycles. The van der Waals surface area contributed by atoms with Gasteiger partial charge in [0.25, 0.3) is 0 Å². The highest BCUT2D eigenvalue weighted by Crippen LogP contribution is 1.85. The first-order chi connectivity index (χ1) is 1.73. The van der Waals surface area contributed by atoms with Crippen molar-refractivity contribution < 1.29 is 14.7 Å². The van der Waals surface area contributed by atoms with Gasteiger partial charge in [0, 0.05) is 0 Å². The van der Waals surface area contributed by atoms with Crippen molar-refractivity contribution in [3.63, 3.8) is 0 Å². The van der Waals surface area contributed by atoms with Gasteiger partial charge in [-0.2, -0.15) is 0 Å². The maximum Gasteiger partial charge on any atom is 3.00 e. The van der Waals surface area contributed by atoms with Gasteiger partial charge in [0.15, 0.2) is 0 Å². The van der Waals surface area contributed by atoms with Crippen molar-refractivity contribution in [3.05, 3.63) is 0 Å². The standard InChI is InChI=1S/N.O3P/c;1-4(2)3/q+3;-3. The normalized spacial score (nSPS) is 7.20. The van der Waals surface area contributed by atoms with E-state index in [1.807, 2.05) is 0 Å². The van der Waals surface area contributed by atoms with Gasteiger partial charge in [-0.25, -0.2) is 0 Å². The van der Waals surface area contributed by atoms with E-state index in [2.05, 4.69) is 0 Å². The molecule has 0 aliphatic heterocycles. The van der Waals surface area contributed by atoms with Gasteiger partial charge in [0.2, 0.25) is 0 Å². The molecule has 0 unspecified atom stereocenters. The molecular weight excluding hydrogens is 93.0 g/mol. The molecule has 0 aromatic rings. The molecule has 0 saturated heterocycles. The van der Waals surface area contributed by atoms with Gasteiger partial charge >= 0.3 is 6.15 Å².